The first-order valence-corrected chi connectivity index (χ1v) is 9.89. The number of carbonyl (C=O) groups excluding carboxylic acids is 1. The molecule has 2 aromatic carbocycles. The summed E-state index contributed by atoms with van der Waals surface area (Å²) >= 11 is 0. The van der Waals surface area contributed by atoms with Crippen LogP contribution in [-0.4, -0.2) is 39.7 Å². The van der Waals surface area contributed by atoms with Crippen LogP contribution in [0, 0.1) is 5.92 Å². The fraction of sp³-hybridized carbons (Fsp3) is 0.435. The van der Waals surface area contributed by atoms with Crippen LogP contribution >= 0.6 is 0 Å². The number of likely N-dealkylation sites (tertiary alicyclic amines) is 1. The number of aliphatic hydroxyl groups is 1. The van der Waals surface area contributed by atoms with Crippen molar-refractivity contribution in [2.45, 2.75) is 43.6 Å². The van der Waals surface area contributed by atoms with Crippen LogP contribution in [0.5, 0.6) is 5.75 Å². The third kappa shape index (κ3) is 4.01. The van der Waals surface area contributed by atoms with E-state index in [0.29, 0.717) is 12.3 Å². The predicted molar refractivity (Wildman–Crippen MR) is 104 cm³/mol. The van der Waals surface area contributed by atoms with Gasteiger partial charge in [0.2, 0.25) is 5.91 Å². The van der Waals surface area contributed by atoms with Crippen LogP contribution < -0.4 is 0 Å². The number of phenolic OH excluding ortho intramolecular Hbond substituents is 1. The minimum absolute atomic E-state index is 0.163. The first-order valence-electron chi connectivity index (χ1n) is 9.89. The number of piperidine rings is 1. The molecule has 4 nitrogen and oxygen atoms in total. The lowest BCUT2D eigenvalue weighted by atomic mass is 9.87. The summed E-state index contributed by atoms with van der Waals surface area (Å²) in [5.41, 5.74) is 1.62. The SMILES string of the molecule is O=C(C(Cc1ccc(O)cc1)c1ccccc1)N1CCC(C2(O)CC2)CC1. The van der Waals surface area contributed by atoms with Gasteiger partial charge in [-0.05, 0) is 61.3 Å². The van der Waals surface area contributed by atoms with Gasteiger partial charge in [0.05, 0.1) is 11.5 Å². The highest BCUT2D eigenvalue weighted by atomic mass is 16.3. The van der Waals surface area contributed by atoms with E-state index >= 15 is 0 Å². The second-order valence-corrected chi connectivity index (χ2v) is 8.04. The Balaban J connectivity index is 1.49. The average molecular weight is 365 g/mol. The molecule has 1 unspecified atom stereocenters. The van der Waals surface area contributed by atoms with Crippen LogP contribution in [-0.2, 0) is 11.2 Å². The molecule has 2 aromatic rings. The van der Waals surface area contributed by atoms with E-state index in [9.17, 15) is 15.0 Å². The summed E-state index contributed by atoms with van der Waals surface area (Å²) in [6.45, 7) is 1.45. The maximum atomic E-state index is 13.4. The van der Waals surface area contributed by atoms with Gasteiger partial charge in [0, 0.05) is 13.1 Å². The Morgan fingerprint density at radius 3 is 2.26 bits per heavy atom. The molecular formula is C23H27NO3. The number of benzene rings is 2. The van der Waals surface area contributed by atoms with Gasteiger partial charge in [0.25, 0.3) is 0 Å². The first-order chi connectivity index (χ1) is 13.0. The molecule has 4 heteroatoms. The lowest BCUT2D eigenvalue weighted by molar-refractivity contribution is -0.135. The van der Waals surface area contributed by atoms with Crippen LogP contribution in [0.1, 0.15) is 42.7 Å². The number of aromatic hydroxyl groups is 1. The van der Waals surface area contributed by atoms with Crippen LogP contribution in [0.25, 0.3) is 0 Å². The van der Waals surface area contributed by atoms with E-state index in [0.717, 1.165) is 49.9 Å². The lowest BCUT2D eigenvalue weighted by Gasteiger charge is -2.36. The van der Waals surface area contributed by atoms with Gasteiger partial charge in [-0.1, -0.05) is 42.5 Å². The molecule has 4 rings (SSSR count). The molecule has 1 atom stereocenters. The molecule has 1 saturated carbocycles. The fourth-order valence-corrected chi connectivity index (χ4v) is 4.29. The summed E-state index contributed by atoms with van der Waals surface area (Å²) in [6, 6.07) is 17.1. The van der Waals surface area contributed by atoms with E-state index in [2.05, 4.69) is 0 Å². The molecule has 142 valence electrons. The molecule has 2 N–H and O–H groups in total. The third-order valence-corrected chi connectivity index (χ3v) is 6.21. The highest BCUT2D eigenvalue weighted by molar-refractivity contribution is 5.84. The van der Waals surface area contributed by atoms with Gasteiger partial charge in [-0.25, -0.2) is 0 Å². The highest BCUT2D eigenvalue weighted by Gasteiger charge is 2.48. The number of phenols is 1. The zero-order chi connectivity index (χ0) is 18.9. The Bertz CT molecular complexity index is 775. The average Bonchev–Trinajstić information content (AvgIpc) is 3.46. The van der Waals surface area contributed by atoms with Gasteiger partial charge in [-0.15, -0.1) is 0 Å². The number of hydrogen-bond acceptors (Lipinski definition) is 3. The molecular weight excluding hydrogens is 338 g/mol. The van der Waals surface area contributed by atoms with E-state index in [-0.39, 0.29) is 17.6 Å². The van der Waals surface area contributed by atoms with Crippen molar-refractivity contribution in [3.05, 3.63) is 65.7 Å². The van der Waals surface area contributed by atoms with Crippen LogP contribution in [0.2, 0.25) is 0 Å². The van der Waals surface area contributed by atoms with Crippen molar-refractivity contribution in [3.8, 4) is 5.75 Å². The summed E-state index contributed by atoms with van der Waals surface area (Å²) in [5.74, 6) is 0.516. The smallest absolute Gasteiger partial charge is 0.230 e. The molecule has 1 aliphatic carbocycles. The Morgan fingerprint density at radius 1 is 1.04 bits per heavy atom. The van der Waals surface area contributed by atoms with E-state index < -0.39 is 5.60 Å². The second-order valence-electron chi connectivity index (χ2n) is 8.04. The van der Waals surface area contributed by atoms with Crippen molar-refractivity contribution >= 4 is 5.91 Å². The number of hydrogen-bond donors (Lipinski definition) is 2. The van der Waals surface area contributed by atoms with Gasteiger partial charge in [-0.3, -0.25) is 4.79 Å². The van der Waals surface area contributed by atoms with Gasteiger partial charge in [0.1, 0.15) is 5.75 Å². The Morgan fingerprint density at radius 2 is 1.67 bits per heavy atom. The predicted octanol–water partition coefficient (Wildman–Crippen LogP) is 3.48. The van der Waals surface area contributed by atoms with E-state index in [1.165, 1.54) is 0 Å². The van der Waals surface area contributed by atoms with Gasteiger partial charge < -0.3 is 15.1 Å². The van der Waals surface area contributed by atoms with Crippen LogP contribution in [0.15, 0.2) is 54.6 Å². The van der Waals surface area contributed by atoms with E-state index in [1.807, 2.05) is 47.4 Å². The molecule has 2 aliphatic rings. The number of amides is 1. The summed E-state index contributed by atoms with van der Waals surface area (Å²) < 4.78 is 0. The van der Waals surface area contributed by atoms with Crippen LogP contribution in [0.4, 0.5) is 0 Å². The maximum absolute atomic E-state index is 13.4. The van der Waals surface area contributed by atoms with Crippen molar-refractivity contribution in [2.24, 2.45) is 5.92 Å². The summed E-state index contributed by atoms with van der Waals surface area (Å²) in [5, 5.41) is 19.9. The molecule has 1 heterocycles. The lowest BCUT2D eigenvalue weighted by Crippen LogP contribution is -2.44. The maximum Gasteiger partial charge on any atom is 0.230 e. The van der Waals surface area contributed by atoms with Crippen molar-refractivity contribution in [3.63, 3.8) is 0 Å². The zero-order valence-electron chi connectivity index (χ0n) is 15.6. The first kappa shape index (κ1) is 18.1. The monoisotopic (exact) mass is 365 g/mol. The van der Waals surface area contributed by atoms with Crippen molar-refractivity contribution in [2.75, 3.05) is 13.1 Å². The molecule has 1 amide bonds. The number of rotatable bonds is 5. The topological polar surface area (TPSA) is 60.8 Å². The van der Waals surface area contributed by atoms with E-state index in [4.69, 9.17) is 0 Å². The van der Waals surface area contributed by atoms with Crippen molar-refractivity contribution in [1.29, 1.82) is 0 Å². The Labute approximate surface area is 160 Å². The second kappa shape index (κ2) is 7.35. The van der Waals surface area contributed by atoms with Gasteiger partial charge in [0.15, 0.2) is 0 Å². The Kier molecular flexibility index (Phi) is 4.92. The Hall–Kier alpha value is -2.33. The quantitative estimate of drug-likeness (QED) is 0.853. The van der Waals surface area contributed by atoms with Gasteiger partial charge >= 0.3 is 0 Å². The molecule has 1 saturated heterocycles. The zero-order valence-corrected chi connectivity index (χ0v) is 15.6. The minimum atomic E-state index is -0.444. The molecule has 27 heavy (non-hydrogen) atoms. The minimum Gasteiger partial charge on any atom is -0.508 e. The molecule has 2 fully saturated rings. The third-order valence-electron chi connectivity index (χ3n) is 6.21. The number of nitrogens with zero attached hydrogens (tertiary/aromatic N) is 1. The van der Waals surface area contributed by atoms with Gasteiger partial charge in [-0.2, -0.15) is 0 Å². The summed E-state index contributed by atoms with van der Waals surface area (Å²) in [6.07, 6.45) is 4.23. The fourth-order valence-electron chi connectivity index (χ4n) is 4.29. The molecule has 0 radical (unpaired) electrons. The largest absolute Gasteiger partial charge is 0.508 e. The van der Waals surface area contributed by atoms with Crippen molar-refractivity contribution < 1.29 is 15.0 Å². The summed E-state index contributed by atoms with van der Waals surface area (Å²) in [7, 11) is 0. The number of carbonyl (C=O) groups is 1. The van der Waals surface area contributed by atoms with Crippen molar-refractivity contribution in [1.82, 2.24) is 4.90 Å². The normalized spacial score (nSPS) is 20.3. The van der Waals surface area contributed by atoms with E-state index in [1.54, 1.807) is 12.1 Å². The van der Waals surface area contributed by atoms with Crippen LogP contribution in [0.3, 0.4) is 0 Å². The molecule has 1 aliphatic heterocycles. The molecule has 0 aromatic heterocycles. The summed E-state index contributed by atoms with van der Waals surface area (Å²) in [4.78, 5) is 15.3. The molecule has 0 bridgehead atoms. The standard InChI is InChI=1S/C23H27NO3/c25-20-8-6-17(7-9-20)16-21(18-4-2-1-3-5-18)22(26)24-14-10-19(11-15-24)23(27)12-13-23/h1-9,19,21,25,27H,10-16H2. The highest BCUT2D eigenvalue weighted by Crippen LogP contribution is 2.46. The molecule has 0 spiro atoms.